The number of nitrogens with one attached hydrogen (secondary N) is 1. The van der Waals surface area contributed by atoms with Gasteiger partial charge in [-0.15, -0.1) is 11.3 Å². The Balaban J connectivity index is 1.91. The Morgan fingerprint density at radius 3 is 3.10 bits per heavy atom. The van der Waals surface area contributed by atoms with Crippen molar-refractivity contribution in [3.05, 3.63) is 45.9 Å². The molecule has 2 rings (SSSR count). The molecule has 0 amide bonds. The molecule has 0 spiro atoms. The van der Waals surface area contributed by atoms with Crippen molar-refractivity contribution in [1.82, 2.24) is 4.98 Å². The van der Waals surface area contributed by atoms with Crippen molar-refractivity contribution in [1.29, 1.82) is 0 Å². The fourth-order valence-electron chi connectivity index (χ4n) is 1.54. The molecule has 1 aromatic heterocycles. The average Bonchev–Trinajstić information content (AvgIpc) is 2.88. The quantitative estimate of drug-likeness (QED) is 0.503. The van der Waals surface area contributed by atoms with Gasteiger partial charge in [0.05, 0.1) is 24.9 Å². The van der Waals surface area contributed by atoms with E-state index < -0.39 is 0 Å². The highest BCUT2D eigenvalue weighted by Crippen LogP contribution is 2.16. The number of hydrogen-bond acceptors (Lipinski definition) is 6. The molecule has 110 valence electrons. The van der Waals surface area contributed by atoms with Crippen molar-refractivity contribution in [3.63, 3.8) is 0 Å². The Morgan fingerprint density at radius 1 is 1.52 bits per heavy atom. The van der Waals surface area contributed by atoms with Crippen molar-refractivity contribution in [2.45, 2.75) is 13.3 Å². The number of benzene rings is 1. The van der Waals surface area contributed by atoms with E-state index in [0.29, 0.717) is 22.5 Å². The first-order chi connectivity index (χ1) is 10.2. The van der Waals surface area contributed by atoms with E-state index in [1.54, 1.807) is 24.6 Å². The third-order valence-electron chi connectivity index (χ3n) is 2.45. The molecular weight excluding hydrogens is 310 g/mol. The molecule has 0 aliphatic carbocycles. The zero-order valence-corrected chi connectivity index (χ0v) is 12.9. The summed E-state index contributed by atoms with van der Waals surface area (Å²) in [5.41, 5.74) is 4.29. The lowest BCUT2D eigenvalue weighted by molar-refractivity contribution is -0.142. The first-order valence-corrected chi connectivity index (χ1v) is 7.58. The molecule has 7 heteroatoms. The summed E-state index contributed by atoms with van der Waals surface area (Å²) in [5.74, 6) is -0.283. The van der Waals surface area contributed by atoms with Crippen LogP contribution in [0.25, 0.3) is 0 Å². The molecule has 1 aromatic carbocycles. The fraction of sp³-hybridized carbons (Fsp3) is 0.214. The summed E-state index contributed by atoms with van der Waals surface area (Å²) in [6.07, 6.45) is 1.79. The lowest BCUT2D eigenvalue weighted by Gasteiger charge is -1.98. The van der Waals surface area contributed by atoms with Crippen LogP contribution in [0, 0.1) is 0 Å². The third kappa shape index (κ3) is 4.84. The molecule has 0 fully saturated rings. The molecule has 0 unspecified atom stereocenters. The molecule has 0 radical (unpaired) electrons. The zero-order chi connectivity index (χ0) is 15.1. The second-order valence-corrected chi connectivity index (χ2v) is 5.28. The van der Waals surface area contributed by atoms with Crippen LogP contribution in [0.3, 0.4) is 0 Å². The smallest absolute Gasteiger partial charge is 0.311 e. The van der Waals surface area contributed by atoms with E-state index in [4.69, 9.17) is 16.3 Å². The van der Waals surface area contributed by atoms with Gasteiger partial charge in [0, 0.05) is 16.0 Å². The van der Waals surface area contributed by atoms with Gasteiger partial charge < -0.3 is 4.74 Å². The maximum Gasteiger partial charge on any atom is 0.311 e. The lowest BCUT2D eigenvalue weighted by Crippen LogP contribution is -2.07. The van der Waals surface area contributed by atoms with Crippen molar-refractivity contribution in [3.8, 4) is 0 Å². The summed E-state index contributed by atoms with van der Waals surface area (Å²) in [6.45, 7) is 2.14. The SMILES string of the molecule is CCOC(=O)Cc1csc(N/N=C\c2ccccc2Cl)n1. The van der Waals surface area contributed by atoms with E-state index in [1.807, 2.05) is 18.2 Å². The first kappa shape index (κ1) is 15.5. The van der Waals surface area contributed by atoms with Crippen LogP contribution in [0.2, 0.25) is 5.02 Å². The van der Waals surface area contributed by atoms with Crippen molar-refractivity contribution >= 4 is 40.3 Å². The number of ether oxygens (including phenoxy) is 1. The molecule has 0 aliphatic heterocycles. The van der Waals surface area contributed by atoms with E-state index in [9.17, 15) is 4.79 Å². The van der Waals surface area contributed by atoms with Crippen molar-refractivity contribution in [2.75, 3.05) is 12.0 Å². The van der Waals surface area contributed by atoms with Gasteiger partial charge in [-0.1, -0.05) is 29.8 Å². The number of hydrazone groups is 1. The largest absolute Gasteiger partial charge is 0.466 e. The molecule has 2 aromatic rings. The lowest BCUT2D eigenvalue weighted by atomic mass is 10.2. The maximum absolute atomic E-state index is 11.3. The Morgan fingerprint density at radius 2 is 2.33 bits per heavy atom. The van der Waals surface area contributed by atoms with Crippen molar-refractivity contribution < 1.29 is 9.53 Å². The summed E-state index contributed by atoms with van der Waals surface area (Å²) in [6, 6.07) is 7.40. The van der Waals surface area contributed by atoms with Gasteiger partial charge in [-0.05, 0) is 13.0 Å². The molecule has 21 heavy (non-hydrogen) atoms. The molecular formula is C14H14ClN3O2S. The second-order valence-electron chi connectivity index (χ2n) is 4.02. The number of anilines is 1. The normalized spacial score (nSPS) is 10.8. The monoisotopic (exact) mass is 323 g/mol. The Hall–Kier alpha value is -1.92. The number of rotatable bonds is 6. The average molecular weight is 324 g/mol. The van der Waals surface area contributed by atoms with E-state index in [0.717, 1.165) is 5.56 Å². The van der Waals surface area contributed by atoms with Gasteiger partial charge in [0.15, 0.2) is 0 Å². The van der Waals surface area contributed by atoms with Crippen LogP contribution in [0.15, 0.2) is 34.7 Å². The standard InChI is InChI=1S/C14H14ClN3O2S/c1-2-20-13(19)7-11-9-21-14(17-11)18-16-8-10-5-3-4-6-12(10)15/h3-6,8-9H,2,7H2,1H3,(H,17,18)/b16-8-. The van der Waals surface area contributed by atoms with Gasteiger partial charge in [0.25, 0.3) is 0 Å². The van der Waals surface area contributed by atoms with E-state index >= 15 is 0 Å². The summed E-state index contributed by atoms with van der Waals surface area (Å²) < 4.78 is 4.87. The molecule has 0 aliphatic rings. The molecule has 0 saturated carbocycles. The third-order valence-corrected chi connectivity index (χ3v) is 3.59. The van der Waals surface area contributed by atoms with E-state index in [-0.39, 0.29) is 12.4 Å². The van der Waals surface area contributed by atoms with Crippen LogP contribution in [0.5, 0.6) is 0 Å². The van der Waals surface area contributed by atoms with E-state index in [1.165, 1.54) is 11.3 Å². The number of hydrogen-bond donors (Lipinski definition) is 1. The Kier molecular flexibility index (Phi) is 5.71. The Bertz CT molecular complexity index is 643. The van der Waals surface area contributed by atoms with E-state index in [2.05, 4.69) is 15.5 Å². The molecule has 5 nitrogen and oxygen atoms in total. The van der Waals surface area contributed by atoms with Gasteiger partial charge in [0.1, 0.15) is 0 Å². The van der Waals surface area contributed by atoms with Gasteiger partial charge in [-0.25, -0.2) is 4.98 Å². The number of thiazole rings is 1. The predicted octanol–water partition coefficient (Wildman–Crippen LogP) is 3.35. The number of esters is 1. The van der Waals surface area contributed by atoms with Crippen LogP contribution in [-0.4, -0.2) is 23.8 Å². The maximum atomic E-state index is 11.3. The minimum atomic E-state index is -0.283. The second kappa shape index (κ2) is 7.75. The number of halogens is 1. The number of carbonyl (C=O) groups is 1. The molecule has 1 N–H and O–H groups in total. The first-order valence-electron chi connectivity index (χ1n) is 6.32. The summed E-state index contributed by atoms with van der Waals surface area (Å²) >= 11 is 7.39. The summed E-state index contributed by atoms with van der Waals surface area (Å²) in [5, 5.41) is 7.11. The Labute approximate surface area is 131 Å². The summed E-state index contributed by atoms with van der Waals surface area (Å²) in [7, 11) is 0. The van der Waals surface area contributed by atoms with Crippen LogP contribution in [0.1, 0.15) is 18.2 Å². The zero-order valence-electron chi connectivity index (χ0n) is 11.4. The van der Waals surface area contributed by atoms with Crippen molar-refractivity contribution in [2.24, 2.45) is 5.10 Å². The van der Waals surface area contributed by atoms with Gasteiger partial charge >= 0.3 is 5.97 Å². The van der Waals surface area contributed by atoms with Crippen LogP contribution in [0.4, 0.5) is 5.13 Å². The fourth-order valence-corrected chi connectivity index (χ4v) is 2.38. The molecule has 0 bridgehead atoms. The van der Waals surface area contributed by atoms with Gasteiger partial charge in [0.2, 0.25) is 5.13 Å². The minimum Gasteiger partial charge on any atom is -0.466 e. The highest BCUT2D eigenvalue weighted by atomic mass is 35.5. The summed E-state index contributed by atoms with van der Waals surface area (Å²) in [4.78, 5) is 15.6. The highest BCUT2D eigenvalue weighted by molar-refractivity contribution is 7.13. The van der Waals surface area contributed by atoms with Crippen LogP contribution in [-0.2, 0) is 16.0 Å². The number of aromatic nitrogens is 1. The molecule has 0 atom stereocenters. The van der Waals surface area contributed by atoms with Gasteiger partial charge in [-0.3, -0.25) is 10.2 Å². The minimum absolute atomic E-state index is 0.167. The predicted molar refractivity (Wildman–Crippen MR) is 85.1 cm³/mol. The number of carbonyl (C=O) groups excluding carboxylic acids is 1. The van der Waals surface area contributed by atoms with Gasteiger partial charge in [-0.2, -0.15) is 5.10 Å². The molecule has 0 saturated heterocycles. The topological polar surface area (TPSA) is 63.6 Å². The van der Waals surface area contributed by atoms with Crippen LogP contribution < -0.4 is 5.43 Å². The molecule has 1 heterocycles. The highest BCUT2D eigenvalue weighted by Gasteiger charge is 2.07. The van der Waals surface area contributed by atoms with Crippen LogP contribution >= 0.6 is 22.9 Å². The number of nitrogens with zero attached hydrogens (tertiary/aromatic N) is 2.